The lowest BCUT2D eigenvalue weighted by Crippen LogP contribution is -2.44. The van der Waals surface area contributed by atoms with Gasteiger partial charge < -0.3 is 4.74 Å². The monoisotopic (exact) mass is 311 g/mol. The number of carbonyl (C=O) groups is 1. The number of nitrogens with zero attached hydrogens (tertiary/aromatic N) is 1. The van der Waals surface area contributed by atoms with Crippen LogP contribution in [0.15, 0.2) is 18.2 Å². The van der Waals surface area contributed by atoms with Crippen molar-refractivity contribution >= 4 is 17.6 Å². The molecule has 0 aliphatic rings. The molecule has 1 atom stereocenters. The Bertz CT molecular complexity index is 456. The number of ether oxygens (including phenoxy) is 1. The molecule has 21 heavy (non-hydrogen) atoms. The molecule has 1 aromatic rings. The predicted octanol–water partition coefficient (Wildman–Crippen LogP) is 3.85. The summed E-state index contributed by atoms with van der Waals surface area (Å²) in [5.74, 6) is -0.173. The first kappa shape index (κ1) is 18.0. The van der Waals surface area contributed by atoms with Gasteiger partial charge >= 0.3 is 5.97 Å². The lowest BCUT2D eigenvalue weighted by Gasteiger charge is -2.29. The third kappa shape index (κ3) is 5.33. The maximum absolute atomic E-state index is 12.2. The van der Waals surface area contributed by atoms with E-state index in [0.717, 1.165) is 42.1 Å². The number of halogens is 1. The topological polar surface area (TPSA) is 29.5 Å². The summed E-state index contributed by atoms with van der Waals surface area (Å²) in [5, 5.41) is 0.744. The molecule has 0 spiro atoms. The van der Waals surface area contributed by atoms with Crippen LogP contribution in [0, 0.1) is 6.92 Å². The average Bonchev–Trinajstić information content (AvgIpc) is 2.47. The van der Waals surface area contributed by atoms with Crippen molar-refractivity contribution in [3.8, 4) is 0 Å². The molecule has 0 saturated carbocycles. The molecular formula is C17H26ClNO2. The van der Waals surface area contributed by atoms with E-state index in [4.69, 9.17) is 16.3 Å². The standard InChI is InChI=1S/C17H26ClNO2/c1-5-9-19(10-6-2)16(17(20)21-4)12-14-8-7-13(3)15(18)11-14/h7-8,11,16H,5-6,9-10,12H2,1-4H3. The van der Waals surface area contributed by atoms with Crippen LogP contribution in [0.2, 0.25) is 5.02 Å². The van der Waals surface area contributed by atoms with Gasteiger partial charge in [0.05, 0.1) is 7.11 Å². The zero-order valence-corrected chi connectivity index (χ0v) is 14.2. The molecule has 0 fully saturated rings. The van der Waals surface area contributed by atoms with Crippen LogP contribution in [-0.4, -0.2) is 37.1 Å². The predicted molar refractivity (Wildman–Crippen MR) is 87.9 cm³/mol. The Hall–Kier alpha value is -1.06. The van der Waals surface area contributed by atoms with Crippen LogP contribution in [0.4, 0.5) is 0 Å². The van der Waals surface area contributed by atoms with E-state index in [1.54, 1.807) is 0 Å². The van der Waals surface area contributed by atoms with Gasteiger partial charge in [-0.15, -0.1) is 0 Å². The Balaban J connectivity index is 2.95. The summed E-state index contributed by atoms with van der Waals surface area (Å²) in [5.41, 5.74) is 2.12. The fraction of sp³-hybridized carbons (Fsp3) is 0.588. The van der Waals surface area contributed by atoms with Gasteiger partial charge in [0.25, 0.3) is 0 Å². The molecule has 4 heteroatoms. The van der Waals surface area contributed by atoms with E-state index in [2.05, 4.69) is 18.7 Å². The van der Waals surface area contributed by atoms with Crippen LogP contribution < -0.4 is 0 Å². The van der Waals surface area contributed by atoms with Crippen LogP contribution in [0.3, 0.4) is 0 Å². The minimum absolute atomic E-state index is 0.173. The summed E-state index contributed by atoms with van der Waals surface area (Å²) in [6, 6.07) is 5.74. The minimum Gasteiger partial charge on any atom is -0.468 e. The molecule has 0 amide bonds. The number of hydrogen-bond donors (Lipinski definition) is 0. The smallest absolute Gasteiger partial charge is 0.323 e. The molecule has 1 rings (SSSR count). The highest BCUT2D eigenvalue weighted by Gasteiger charge is 2.26. The van der Waals surface area contributed by atoms with Gasteiger partial charge in [-0.05, 0) is 56.5 Å². The van der Waals surface area contributed by atoms with E-state index in [0.29, 0.717) is 6.42 Å². The molecule has 1 unspecified atom stereocenters. The van der Waals surface area contributed by atoms with Crippen molar-refractivity contribution in [1.29, 1.82) is 0 Å². The molecule has 0 N–H and O–H groups in total. The van der Waals surface area contributed by atoms with Gasteiger partial charge in [0.1, 0.15) is 6.04 Å². The lowest BCUT2D eigenvalue weighted by molar-refractivity contribution is -0.147. The first-order chi connectivity index (χ1) is 10.0. The molecular weight excluding hydrogens is 286 g/mol. The van der Waals surface area contributed by atoms with Crippen LogP contribution in [0.5, 0.6) is 0 Å². The molecule has 0 aliphatic heterocycles. The normalized spacial score (nSPS) is 12.5. The Morgan fingerprint density at radius 1 is 1.29 bits per heavy atom. The van der Waals surface area contributed by atoms with E-state index in [1.165, 1.54) is 7.11 Å². The molecule has 0 heterocycles. The first-order valence-electron chi connectivity index (χ1n) is 7.60. The fourth-order valence-corrected chi connectivity index (χ4v) is 2.69. The van der Waals surface area contributed by atoms with Gasteiger partial charge in [0.2, 0.25) is 0 Å². The number of esters is 1. The Kier molecular flexibility index (Phi) is 7.76. The van der Waals surface area contributed by atoms with E-state index >= 15 is 0 Å². The molecule has 0 aromatic heterocycles. The van der Waals surface area contributed by atoms with Gasteiger partial charge in [-0.1, -0.05) is 37.6 Å². The van der Waals surface area contributed by atoms with Gasteiger partial charge in [-0.25, -0.2) is 0 Å². The van der Waals surface area contributed by atoms with Crippen molar-refractivity contribution in [2.75, 3.05) is 20.2 Å². The number of aryl methyl sites for hydroxylation is 1. The summed E-state index contributed by atoms with van der Waals surface area (Å²) < 4.78 is 5.00. The molecule has 0 bridgehead atoms. The zero-order valence-electron chi connectivity index (χ0n) is 13.5. The molecule has 118 valence electrons. The summed E-state index contributed by atoms with van der Waals surface area (Å²) in [6.07, 6.45) is 2.66. The molecule has 0 aliphatic carbocycles. The van der Waals surface area contributed by atoms with Crippen molar-refractivity contribution in [2.45, 2.75) is 46.1 Å². The van der Waals surface area contributed by atoms with Crippen LogP contribution in [0.1, 0.15) is 37.8 Å². The average molecular weight is 312 g/mol. The second-order valence-corrected chi connectivity index (χ2v) is 5.77. The second kappa shape index (κ2) is 9.06. The second-order valence-electron chi connectivity index (χ2n) is 5.36. The molecule has 3 nitrogen and oxygen atoms in total. The van der Waals surface area contributed by atoms with Gasteiger partial charge in [0.15, 0.2) is 0 Å². The van der Waals surface area contributed by atoms with E-state index in [-0.39, 0.29) is 12.0 Å². The number of carbonyl (C=O) groups excluding carboxylic acids is 1. The lowest BCUT2D eigenvalue weighted by atomic mass is 10.0. The van der Waals surface area contributed by atoms with E-state index < -0.39 is 0 Å². The summed E-state index contributed by atoms with van der Waals surface area (Å²) >= 11 is 6.18. The highest BCUT2D eigenvalue weighted by Crippen LogP contribution is 2.19. The first-order valence-corrected chi connectivity index (χ1v) is 7.98. The molecule has 0 radical (unpaired) electrons. The van der Waals surface area contributed by atoms with E-state index in [1.807, 2.05) is 25.1 Å². The Morgan fingerprint density at radius 2 is 1.90 bits per heavy atom. The van der Waals surface area contributed by atoms with Crippen molar-refractivity contribution in [2.24, 2.45) is 0 Å². The maximum atomic E-state index is 12.2. The largest absolute Gasteiger partial charge is 0.468 e. The number of methoxy groups -OCH3 is 1. The van der Waals surface area contributed by atoms with E-state index in [9.17, 15) is 4.79 Å². The fourth-order valence-electron chi connectivity index (χ4n) is 2.48. The third-order valence-electron chi connectivity index (χ3n) is 3.60. The molecule has 1 aromatic carbocycles. The van der Waals surface area contributed by atoms with Crippen molar-refractivity contribution in [1.82, 2.24) is 4.90 Å². The highest BCUT2D eigenvalue weighted by atomic mass is 35.5. The number of rotatable bonds is 8. The zero-order chi connectivity index (χ0) is 15.8. The summed E-state index contributed by atoms with van der Waals surface area (Å²) in [6.45, 7) is 8.02. The summed E-state index contributed by atoms with van der Waals surface area (Å²) in [4.78, 5) is 14.4. The third-order valence-corrected chi connectivity index (χ3v) is 4.01. The van der Waals surface area contributed by atoms with Gasteiger partial charge in [0, 0.05) is 5.02 Å². The highest BCUT2D eigenvalue weighted by molar-refractivity contribution is 6.31. The van der Waals surface area contributed by atoms with Crippen molar-refractivity contribution in [3.63, 3.8) is 0 Å². The number of hydrogen-bond acceptors (Lipinski definition) is 3. The quantitative estimate of drug-likeness (QED) is 0.683. The van der Waals surface area contributed by atoms with Gasteiger partial charge in [-0.2, -0.15) is 0 Å². The maximum Gasteiger partial charge on any atom is 0.323 e. The van der Waals surface area contributed by atoms with Gasteiger partial charge in [-0.3, -0.25) is 9.69 Å². The Morgan fingerprint density at radius 3 is 2.38 bits per heavy atom. The Labute approximate surface area is 133 Å². The number of benzene rings is 1. The minimum atomic E-state index is -0.242. The van der Waals surface area contributed by atoms with Crippen molar-refractivity contribution in [3.05, 3.63) is 34.3 Å². The van der Waals surface area contributed by atoms with Crippen LogP contribution >= 0.6 is 11.6 Å². The SMILES string of the molecule is CCCN(CCC)C(Cc1ccc(C)c(Cl)c1)C(=O)OC. The molecule has 0 saturated heterocycles. The van der Waals surface area contributed by atoms with Crippen LogP contribution in [0.25, 0.3) is 0 Å². The van der Waals surface area contributed by atoms with Crippen LogP contribution in [-0.2, 0) is 16.0 Å². The summed E-state index contributed by atoms with van der Waals surface area (Å²) in [7, 11) is 1.45. The van der Waals surface area contributed by atoms with Crippen molar-refractivity contribution < 1.29 is 9.53 Å².